The van der Waals surface area contributed by atoms with Crippen LogP contribution in [0.4, 0.5) is 0 Å². The highest BCUT2D eigenvalue weighted by molar-refractivity contribution is 5.77. The summed E-state index contributed by atoms with van der Waals surface area (Å²) in [6.07, 6.45) is 3.15. The van der Waals surface area contributed by atoms with Gasteiger partial charge in [0.05, 0.1) is 0 Å². The number of carboxylic acid groups (broad SMARTS) is 1. The number of nitrogens with two attached hydrogens (primary N) is 1. The number of benzene rings is 1. The molecule has 3 nitrogen and oxygen atoms in total. The van der Waals surface area contributed by atoms with Gasteiger partial charge in [0.1, 0.15) is 6.04 Å². The van der Waals surface area contributed by atoms with Crippen molar-refractivity contribution >= 4 is 12.0 Å². The molecular weight excluding hydrogens is 166 g/mol. The molecule has 0 bridgehead atoms. The van der Waals surface area contributed by atoms with Crippen LogP contribution in [0.1, 0.15) is 5.56 Å². The summed E-state index contributed by atoms with van der Waals surface area (Å²) in [5.74, 6) is -1.02. The van der Waals surface area contributed by atoms with E-state index in [0.717, 1.165) is 5.56 Å². The van der Waals surface area contributed by atoms with Crippen LogP contribution in [-0.4, -0.2) is 17.1 Å². The van der Waals surface area contributed by atoms with Gasteiger partial charge in [0.25, 0.3) is 0 Å². The number of hydrogen-bond acceptors (Lipinski definition) is 2. The largest absolute Gasteiger partial charge is 0.480 e. The van der Waals surface area contributed by atoms with Crippen molar-refractivity contribution in [2.75, 3.05) is 0 Å². The van der Waals surface area contributed by atoms with Gasteiger partial charge in [0.15, 0.2) is 0 Å². The van der Waals surface area contributed by atoms with Gasteiger partial charge in [0, 0.05) is 0 Å². The quantitative estimate of drug-likeness (QED) is 0.727. The monoisotopic (exact) mass is 177 g/mol. The Morgan fingerprint density at radius 3 is 2.54 bits per heavy atom. The van der Waals surface area contributed by atoms with E-state index in [1.54, 1.807) is 6.08 Å². The number of carbonyl (C=O) groups is 1. The average molecular weight is 177 g/mol. The lowest BCUT2D eigenvalue weighted by Gasteiger charge is -1.97. The normalized spacial score (nSPS) is 13.0. The fourth-order valence-electron chi connectivity index (χ4n) is 0.861. The maximum absolute atomic E-state index is 10.3. The molecule has 68 valence electrons. The van der Waals surface area contributed by atoms with E-state index in [4.69, 9.17) is 10.8 Å². The molecule has 13 heavy (non-hydrogen) atoms. The molecule has 0 fully saturated rings. The van der Waals surface area contributed by atoms with Crippen LogP contribution in [0.15, 0.2) is 36.4 Å². The van der Waals surface area contributed by atoms with E-state index >= 15 is 0 Å². The van der Waals surface area contributed by atoms with E-state index in [1.807, 2.05) is 30.3 Å². The van der Waals surface area contributed by atoms with Crippen LogP contribution < -0.4 is 5.73 Å². The van der Waals surface area contributed by atoms with E-state index in [2.05, 4.69) is 0 Å². The summed E-state index contributed by atoms with van der Waals surface area (Å²) < 4.78 is 0. The minimum Gasteiger partial charge on any atom is -0.480 e. The van der Waals surface area contributed by atoms with E-state index in [-0.39, 0.29) is 0 Å². The Balaban J connectivity index is 2.64. The molecule has 3 N–H and O–H groups in total. The van der Waals surface area contributed by atoms with Crippen molar-refractivity contribution in [2.24, 2.45) is 5.73 Å². The third-order valence-corrected chi connectivity index (χ3v) is 1.58. The summed E-state index contributed by atoms with van der Waals surface area (Å²) in [7, 11) is 0. The molecule has 0 aliphatic rings. The molecule has 0 aliphatic carbocycles. The molecule has 0 aromatic heterocycles. The van der Waals surface area contributed by atoms with Crippen LogP contribution in [-0.2, 0) is 4.79 Å². The first-order chi connectivity index (χ1) is 6.20. The molecule has 1 atom stereocenters. The lowest BCUT2D eigenvalue weighted by atomic mass is 10.2. The molecule has 1 aromatic carbocycles. The highest BCUT2D eigenvalue weighted by atomic mass is 16.4. The lowest BCUT2D eigenvalue weighted by molar-refractivity contribution is -0.137. The first-order valence-electron chi connectivity index (χ1n) is 3.92. The summed E-state index contributed by atoms with van der Waals surface area (Å²) in [5.41, 5.74) is 6.22. The van der Waals surface area contributed by atoms with Crippen LogP contribution in [0.2, 0.25) is 0 Å². The molecule has 0 unspecified atom stereocenters. The van der Waals surface area contributed by atoms with E-state index < -0.39 is 12.0 Å². The highest BCUT2D eigenvalue weighted by Crippen LogP contribution is 2.01. The van der Waals surface area contributed by atoms with Crippen molar-refractivity contribution in [1.82, 2.24) is 0 Å². The Hall–Kier alpha value is -1.61. The summed E-state index contributed by atoms with van der Waals surface area (Å²) in [6.45, 7) is 0. The average Bonchev–Trinajstić information content (AvgIpc) is 2.15. The van der Waals surface area contributed by atoms with E-state index in [1.165, 1.54) is 6.08 Å². The van der Waals surface area contributed by atoms with E-state index in [9.17, 15) is 4.79 Å². The van der Waals surface area contributed by atoms with Gasteiger partial charge in [-0.1, -0.05) is 42.5 Å². The lowest BCUT2D eigenvalue weighted by Crippen LogP contribution is -2.27. The topological polar surface area (TPSA) is 63.3 Å². The number of hydrogen-bond donors (Lipinski definition) is 2. The van der Waals surface area contributed by atoms with Crippen molar-refractivity contribution in [1.29, 1.82) is 0 Å². The molecule has 3 heteroatoms. The fraction of sp³-hybridized carbons (Fsp3) is 0.100. The fourth-order valence-corrected chi connectivity index (χ4v) is 0.861. The second-order valence-electron chi connectivity index (χ2n) is 2.63. The number of aliphatic carboxylic acids is 1. The molecule has 0 spiro atoms. The number of rotatable bonds is 3. The minimum atomic E-state index is -1.02. The summed E-state index contributed by atoms with van der Waals surface area (Å²) >= 11 is 0. The zero-order valence-electron chi connectivity index (χ0n) is 7.05. The number of carboxylic acids is 1. The van der Waals surface area contributed by atoms with Gasteiger partial charge in [-0.3, -0.25) is 4.79 Å². The van der Waals surface area contributed by atoms with Crippen LogP contribution in [0.3, 0.4) is 0 Å². The van der Waals surface area contributed by atoms with Crippen LogP contribution in [0, 0.1) is 0 Å². The first kappa shape index (κ1) is 9.48. The molecule has 0 amide bonds. The Morgan fingerprint density at radius 1 is 1.38 bits per heavy atom. The van der Waals surface area contributed by atoms with Gasteiger partial charge >= 0.3 is 5.97 Å². The minimum absolute atomic E-state index is 0.930. The zero-order chi connectivity index (χ0) is 9.68. The summed E-state index contributed by atoms with van der Waals surface area (Å²) in [5, 5.41) is 8.48. The third-order valence-electron chi connectivity index (χ3n) is 1.58. The summed E-state index contributed by atoms with van der Waals surface area (Å²) in [6, 6.07) is 8.49. The maximum atomic E-state index is 10.3. The van der Waals surface area contributed by atoms with Crippen molar-refractivity contribution in [2.45, 2.75) is 6.04 Å². The predicted molar refractivity (Wildman–Crippen MR) is 51.1 cm³/mol. The van der Waals surface area contributed by atoms with Crippen molar-refractivity contribution < 1.29 is 9.90 Å². The van der Waals surface area contributed by atoms with Crippen molar-refractivity contribution in [3.05, 3.63) is 42.0 Å². The van der Waals surface area contributed by atoms with Gasteiger partial charge in [-0.15, -0.1) is 0 Å². The van der Waals surface area contributed by atoms with Crippen LogP contribution in [0.25, 0.3) is 6.08 Å². The smallest absolute Gasteiger partial charge is 0.324 e. The Labute approximate surface area is 76.5 Å². The maximum Gasteiger partial charge on any atom is 0.324 e. The first-order valence-corrected chi connectivity index (χ1v) is 3.92. The van der Waals surface area contributed by atoms with Gasteiger partial charge in [0.2, 0.25) is 0 Å². The standard InChI is InChI=1S/C10H11NO2/c11-9(10(12)13)7-6-8-4-2-1-3-5-8/h1-7,9H,11H2,(H,12,13)/t9-/m0/s1. The highest BCUT2D eigenvalue weighted by Gasteiger charge is 2.04. The van der Waals surface area contributed by atoms with Gasteiger partial charge in [-0.2, -0.15) is 0 Å². The molecule has 1 aromatic rings. The van der Waals surface area contributed by atoms with Crippen LogP contribution >= 0.6 is 0 Å². The molecule has 0 heterocycles. The van der Waals surface area contributed by atoms with Crippen molar-refractivity contribution in [3.63, 3.8) is 0 Å². The molecular formula is C10H11NO2. The molecule has 0 aliphatic heterocycles. The second-order valence-corrected chi connectivity index (χ2v) is 2.63. The van der Waals surface area contributed by atoms with Crippen molar-refractivity contribution in [3.8, 4) is 0 Å². The summed E-state index contributed by atoms with van der Waals surface area (Å²) in [4.78, 5) is 10.3. The SMILES string of the molecule is N[C@@H](C=Cc1ccccc1)C(=O)O. The van der Waals surface area contributed by atoms with E-state index in [0.29, 0.717) is 0 Å². The molecule has 0 saturated heterocycles. The third kappa shape index (κ3) is 3.09. The second kappa shape index (κ2) is 4.42. The van der Waals surface area contributed by atoms with Crippen LogP contribution in [0.5, 0.6) is 0 Å². The zero-order valence-corrected chi connectivity index (χ0v) is 7.05. The molecule has 0 radical (unpaired) electrons. The Morgan fingerprint density at radius 2 is 2.00 bits per heavy atom. The molecule has 1 rings (SSSR count). The predicted octanol–water partition coefficient (Wildman–Crippen LogP) is 1.11. The Kier molecular flexibility index (Phi) is 3.23. The van der Waals surface area contributed by atoms with Gasteiger partial charge < -0.3 is 10.8 Å². The molecule has 0 saturated carbocycles. The van der Waals surface area contributed by atoms with Gasteiger partial charge in [-0.05, 0) is 5.56 Å². The van der Waals surface area contributed by atoms with Gasteiger partial charge in [-0.25, -0.2) is 0 Å². The Bertz CT molecular complexity index is 306.